The van der Waals surface area contributed by atoms with E-state index in [9.17, 15) is 4.79 Å². The van der Waals surface area contributed by atoms with E-state index in [1.54, 1.807) is 37.4 Å². The Labute approximate surface area is 115 Å². The van der Waals surface area contributed by atoms with Crippen molar-refractivity contribution in [2.24, 2.45) is 0 Å². The molecule has 5 heteroatoms. The first-order chi connectivity index (χ1) is 8.49. The molecule has 0 atom stereocenters. The van der Waals surface area contributed by atoms with E-state index in [1.165, 1.54) is 0 Å². The highest BCUT2D eigenvalue weighted by atomic mass is 35.5. The van der Waals surface area contributed by atoms with Crippen molar-refractivity contribution in [3.05, 3.63) is 57.2 Å². The van der Waals surface area contributed by atoms with Crippen LogP contribution in [0.2, 0.25) is 10.0 Å². The minimum Gasteiger partial charge on any atom is -0.383 e. The molecule has 0 spiro atoms. The predicted molar refractivity (Wildman–Crippen MR) is 73.3 cm³/mol. The van der Waals surface area contributed by atoms with Crippen LogP contribution in [0.1, 0.15) is 21.5 Å². The Morgan fingerprint density at radius 3 is 2.39 bits per heavy atom. The van der Waals surface area contributed by atoms with Gasteiger partial charge in [0.15, 0.2) is 5.78 Å². The molecule has 0 bridgehead atoms. The fourth-order valence-electron chi connectivity index (χ4n) is 1.70. The average Bonchev–Trinajstić information content (AvgIpc) is 2.27. The summed E-state index contributed by atoms with van der Waals surface area (Å²) < 4.78 is 0. The van der Waals surface area contributed by atoms with Crippen molar-refractivity contribution in [2.75, 3.05) is 5.73 Å². The summed E-state index contributed by atoms with van der Waals surface area (Å²) in [5.74, 6) is -0.0291. The third-order valence-electron chi connectivity index (χ3n) is 2.54. The molecule has 0 radical (unpaired) electrons. The SMILES string of the molecule is Cc1ccnc(N)c1C(=O)c1cc(Cl)cc(Cl)c1. The fraction of sp³-hybridized carbons (Fsp3) is 0.0769. The second kappa shape index (κ2) is 4.96. The van der Waals surface area contributed by atoms with Gasteiger partial charge >= 0.3 is 0 Å². The Bertz CT molecular complexity index is 586. The number of anilines is 1. The number of hydrogen-bond donors (Lipinski definition) is 1. The normalized spacial score (nSPS) is 10.4. The molecule has 1 aromatic carbocycles. The van der Waals surface area contributed by atoms with Gasteiger partial charge in [-0.1, -0.05) is 23.2 Å². The summed E-state index contributed by atoms with van der Waals surface area (Å²) in [7, 11) is 0. The van der Waals surface area contributed by atoms with E-state index in [-0.39, 0.29) is 11.6 Å². The first-order valence-corrected chi connectivity index (χ1v) is 5.96. The van der Waals surface area contributed by atoms with Crippen LogP contribution in [0.25, 0.3) is 0 Å². The number of carbonyl (C=O) groups is 1. The number of rotatable bonds is 2. The number of nitrogen functional groups attached to an aromatic ring is 1. The molecule has 0 amide bonds. The summed E-state index contributed by atoms with van der Waals surface area (Å²) in [6.07, 6.45) is 1.56. The zero-order valence-corrected chi connectivity index (χ0v) is 11.1. The number of aromatic nitrogens is 1. The van der Waals surface area contributed by atoms with E-state index in [0.717, 1.165) is 5.56 Å². The van der Waals surface area contributed by atoms with Gasteiger partial charge in [-0.3, -0.25) is 4.79 Å². The van der Waals surface area contributed by atoms with Crippen molar-refractivity contribution in [2.45, 2.75) is 6.92 Å². The van der Waals surface area contributed by atoms with E-state index in [1.807, 2.05) is 0 Å². The van der Waals surface area contributed by atoms with Crippen LogP contribution >= 0.6 is 23.2 Å². The zero-order chi connectivity index (χ0) is 13.3. The predicted octanol–water partition coefficient (Wildman–Crippen LogP) is 3.51. The highest BCUT2D eigenvalue weighted by Crippen LogP contribution is 2.24. The third-order valence-corrected chi connectivity index (χ3v) is 2.98. The van der Waals surface area contributed by atoms with Crippen LogP contribution < -0.4 is 5.73 Å². The molecule has 2 rings (SSSR count). The number of carbonyl (C=O) groups excluding carboxylic acids is 1. The van der Waals surface area contributed by atoms with Crippen molar-refractivity contribution in [3.8, 4) is 0 Å². The van der Waals surface area contributed by atoms with Gasteiger partial charge in [-0.2, -0.15) is 0 Å². The quantitative estimate of drug-likeness (QED) is 0.857. The van der Waals surface area contributed by atoms with Crippen LogP contribution in [0, 0.1) is 6.92 Å². The highest BCUT2D eigenvalue weighted by molar-refractivity contribution is 6.35. The average molecular weight is 281 g/mol. The molecule has 3 nitrogen and oxygen atoms in total. The Morgan fingerprint density at radius 2 is 1.83 bits per heavy atom. The minimum absolute atomic E-state index is 0.205. The van der Waals surface area contributed by atoms with Crippen LogP contribution in [0.3, 0.4) is 0 Å². The zero-order valence-electron chi connectivity index (χ0n) is 9.58. The molecule has 0 aliphatic carbocycles. The summed E-state index contributed by atoms with van der Waals surface area (Å²) in [6.45, 7) is 1.80. The van der Waals surface area contributed by atoms with E-state index in [2.05, 4.69) is 4.98 Å². The first kappa shape index (κ1) is 12.9. The van der Waals surface area contributed by atoms with Crippen molar-refractivity contribution >= 4 is 34.8 Å². The van der Waals surface area contributed by atoms with E-state index < -0.39 is 0 Å². The van der Waals surface area contributed by atoms with Crippen LogP contribution in [-0.4, -0.2) is 10.8 Å². The molecule has 0 fully saturated rings. The van der Waals surface area contributed by atoms with Crippen molar-refractivity contribution in [1.82, 2.24) is 4.98 Å². The Morgan fingerprint density at radius 1 is 1.22 bits per heavy atom. The number of benzene rings is 1. The van der Waals surface area contributed by atoms with E-state index in [0.29, 0.717) is 21.2 Å². The number of pyridine rings is 1. The molecule has 0 unspecified atom stereocenters. The van der Waals surface area contributed by atoms with Gasteiger partial charge in [0.1, 0.15) is 5.82 Å². The van der Waals surface area contributed by atoms with Crippen LogP contribution in [0.15, 0.2) is 30.5 Å². The summed E-state index contributed by atoms with van der Waals surface area (Å²) >= 11 is 11.8. The monoisotopic (exact) mass is 280 g/mol. The standard InChI is InChI=1S/C13H10Cl2N2O/c1-7-2-3-17-13(16)11(7)12(18)8-4-9(14)6-10(15)5-8/h2-6H,1H3,(H2,16,17). The maximum atomic E-state index is 12.4. The van der Waals surface area contributed by atoms with Crippen LogP contribution in [0.5, 0.6) is 0 Å². The molecule has 2 N–H and O–H groups in total. The lowest BCUT2D eigenvalue weighted by atomic mass is 10.0. The van der Waals surface area contributed by atoms with E-state index >= 15 is 0 Å². The molecular formula is C13H10Cl2N2O. The van der Waals surface area contributed by atoms with Gasteiger partial charge in [0.2, 0.25) is 0 Å². The van der Waals surface area contributed by atoms with Gasteiger partial charge in [-0.25, -0.2) is 4.98 Å². The summed E-state index contributed by atoms with van der Waals surface area (Å²) in [5, 5.41) is 0.817. The smallest absolute Gasteiger partial charge is 0.197 e. The Hall–Kier alpha value is -1.58. The number of hydrogen-bond acceptors (Lipinski definition) is 3. The van der Waals surface area contributed by atoms with Gasteiger partial charge in [0, 0.05) is 21.8 Å². The van der Waals surface area contributed by atoms with E-state index in [4.69, 9.17) is 28.9 Å². The number of halogens is 2. The molecule has 0 saturated carbocycles. The maximum absolute atomic E-state index is 12.4. The minimum atomic E-state index is -0.234. The second-order valence-electron chi connectivity index (χ2n) is 3.88. The first-order valence-electron chi connectivity index (χ1n) is 5.21. The van der Waals surface area contributed by atoms with Crippen LogP contribution in [0.4, 0.5) is 5.82 Å². The topological polar surface area (TPSA) is 56.0 Å². The van der Waals surface area contributed by atoms with Gasteiger partial charge < -0.3 is 5.73 Å². The summed E-state index contributed by atoms with van der Waals surface area (Å²) in [5.41, 5.74) is 7.29. The molecule has 1 heterocycles. The highest BCUT2D eigenvalue weighted by Gasteiger charge is 2.16. The number of nitrogens with two attached hydrogens (primary N) is 1. The lowest BCUT2D eigenvalue weighted by molar-refractivity contribution is 0.103. The van der Waals surface area contributed by atoms with Crippen molar-refractivity contribution in [1.29, 1.82) is 0 Å². The van der Waals surface area contributed by atoms with Crippen molar-refractivity contribution in [3.63, 3.8) is 0 Å². The van der Waals surface area contributed by atoms with Gasteiger partial charge in [-0.05, 0) is 36.8 Å². The second-order valence-corrected chi connectivity index (χ2v) is 4.75. The molecule has 2 aromatic rings. The van der Waals surface area contributed by atoms with Gasteiger partial charge in [0.25, 0.3) is 0 Å². The molecular weight excluding hydrogens is 271 g/mol. The number of aryl methyl sites for hydroxylation is 1. The lowest BCUT2D eigenvalue weighted by Crippen LogP contribution is -2.09. The molecule has 0 aliphatic rings. The number of nitrogens with zero attached hydrogens (tertiary/aromatic N) is 1. The van der Waals surface area contributed by atoms with Gasteiger partial charge in [0.05, 0.1) is 5.56 Å². The van der Waals surface area contributed by atoms with Crippen molar-refractivity contribution < 1.29 is 4.79 Å². The van der Waals surface area contributed by atoms with Crippen LogP contribution in [-0.2, 0) is 0 Å². The summed E-state index contributed by atoms with van der Waals surface area (Å²) in [6, 6.07) is 6.42. The largest absolute Gasteiger partial charge is 0.383 e. The lowest BCUT2D eigenvalue weighted by Gasteiger charge is -2.08. The number of ketones is 1. The maximum Gasteiger partial charge on any atom is 0.197 e. The molecule has 0 aliphatic heterocycles. The Balaban J connectivity index is 2.55. The molecule has 0 saturated heterocycles. The molecule has 92 valence electrons. The third kappa shape index (κ3) is 2.47. The molecule has 1 aromatic heterocycles. The Kier molecular flexibility index (Phi) is 3.55. The summed E-state index contributed by atoms with van der Waals surface area (Å²) in [4.78, 5) is 16.3. The molecule has 18 heavy (non-hydrogen) atoms. The fourth-order valence-corrected chi connectivity index (χ4v) is 2.23. The van der Waals surface area contributed by atoms with Gasteiger partial charge in [-0.15, -0.1) is 0 Å².